The monoisotopic (exact) mass is 479 g/mol. The standard InChI is InChI=1S/C21H19Cl2N3O4S/c22-17-9-16-8-14(13-30-20(16)19(23)11-17)12-24-25-21(27)15-4-3-5-18(10-15)31(28,29)26-6-1-2-7-26/h3-5,8-12H,1-2,6-7,13H2,(H,25,27)/b24-12+. The first-order valence-corrected chi connectivity index (χ1v) is 11.8. The maximum Gasteiger partial charge on any atom is 0.271 e. The van der Waals surface area contributed by atoms with Crippen molar-refractivity contribution in [1.29, 1.82) is 0 Å². The first kappa shape index (κ1) is 21.8. The predicted molar refractivity (Wildman–Crippen MR) is 120 cm³/mol. The highest BCUT2D eigenvalue weighted by atomic mass is 35.5. The number of ether oxygens (including phenoxy) is 1. The Bertz CT molecular complexity index is 1190. The molecule has 31 heavy (non-hydrogen) atoms. The molecular weight excluding hydrogens is 461 g/mol. The van der Waals surface area contributed by atoms with Gasteiger partial charge in [0.05, 0.1) is 16.1 Å². The van der Waals surface area contributed by atoms with Crippen LogP contribution >= 0.6 is 23.2 Å². The minimum absolute atomic E-state index is 0.0970. The molecule has 0 radical (unpaired) electrons. The van der Waals surface area contributed by atoms with Gasteiger partial charge in [-0.2, -0.15) is 9.41 Å². The number of fused-ring (bicyclic) bond motifs is 1. The molecule has 0 atom stereocenters. The van der Waals surface area contributed by atoms with E-state index in [2.05, 4.69) is 10.5 Å². The number of benzene rings is 2. The average molecular weight is 480 g/mol. The number of rotatable bonds is 5. The van der Waals surface area contributed by atoms with E-state index >= 15 is 0 Å². The van der Waals surface area contributed by atoms with Crippen molar-refractivity contribution >= 4 is 51.4 Å². The maximum atomic E-state index is 12.7. The van der Waals surface area contributed by atoms with E-state index in [0.717, 1.165) is 18.4 Å². The highest BCUT2D eigenvalue weighted by Crippen LogP contribution is 2.36. The SMILES string of the molecule is O=C(N/N=C/C1=Cc2cc(Cl)cc(Cl)c2OC1)c1cccc(S(=O)(=O)N2CCCC2)c1. The average Bonchev–Trinajstić information content (AvgIpc) is 3.29. The number of hydrogen-bond acceptors (Lipinski definition) is 5. The van der Waals surface area contributed by atoms with Gasteiger partial charge in [-0.05, 0) is 49.2 Å². The second kappa shape index (κ2) is 9.00. The molecule has 0 unspecified atom stereocenters. The van der Waals surface area contributed by atoms with Crippen LogP contribution in [0.1, 0.15) is 28.8 Å². The Kier molecular flexibility index (Phi) is 6.34. The Morgan fingerprint density at radius 3 is 2.71 bits per heavy atom. The summed E-state index contributed by atoms with van der Waals surface area (Å²) in [5, 5.41) is 4.87. The quantitative estimate of drug-likeness (QED) is 0.518. The van der Waals surface area contributed by atoms with Crippen LogP contribution in [0.3, 0.4) is 0 Å². The van der Waals surface area contributed by atoms with Crippen LogP contribution < -0.4 is 10.2 Å². The van der Waals surface area contributed by atoms with Gasteiger partial charge < -0.3 is 4.74 Å². The first-order chi connectivity index (χ1) is 14.8. The second-order valence-electron chi connectivity index (χ2n) is 7.15. The molecule has 0 bridgehead atoms. The summed E-state index contributed by atoms with van der Waals surface area (Å²) < 4.78 is 32.5. The summed E-state index contributed by atoms with van der Waals surface area (Å²) in [6.07, 6.45) is 4.96. The van der Waals surface area contributed by atoms with Crippen LogP contribution in [0.5, 0.6) is 5.75 Å². The van der Waals surface area contributed by atoms with Gasteiger partial charge >= 0.3 is 0 Å². The van der Waals surface area contributed by atoms with Gasteiger partial charge in [0.1, 0.15) is 12.4 Å². The van der Waals surface area contributed by atoms with Crippen molar-refractivity contribution in [3.8, 4) is 5.75 Å². The summed E-state index contributed by atoms with van der Waals surface area (Å²) in [6, 6.07) is 9.27. The molecule has 2 aliphatic rings. The Labute approximate surface area is 190 Å². The Morgan fingerprint density at radius 2 is 1.94 bits per heavy atom. The van der Waals surface area contributed by atoms with Gasteiger partial charge in [-0.15, -0.1) is 0 Å². The molecule has 10 heteroatoms. The van der Waals surface area contributed by atoms with Gasteiger partial charge in [-0.1, -0.05) is 29.3 Å². The summed E-state index contributed by atoms with van der Waals surface area (Å²) in [4.78, 5) is 12.6. The van der Waals surface area contributed by atoms with Gasteiger partial charge in [0, 0.05) is 34.8 Å². The van der Waals surface area contributed by atoms with Gasteiger partial charge in [0.15, 0.2) is 0 Å². The molecule has 2 aliphatic heterocycles. The van der Waals surface area contributed by atoms with Gasteiger partial charge in [0.25, 0.3) is 5.91 Å². The third kappa shape index (κ3) is 4.77. The number of carbonyl (C=O) groups is 1. The third-order valence-electron chi connectivity index (χ3n) is 4.96. The minimum atomic E-state index is -3.60. The molecular formula is C21H19Cl2N3O4S. The number of halogens is 2. The van der Waals surface area contributed by atoms with Crippen LogP contribution in [0.25, 0.3) is 6.08 Å². The van der Waals surface area contributed by atoms with Crippen molar-refractivity contribution in [2.45, 2.75) is 17.7 Å². The zero-order valence-corrected chi connectivity index (χ0v) is 18.7. The van der Waals surface area contributed by atoms with Gasteiger partial charge in [0.2, 0.25) is 10.0 Å². The fourth-order valence-corrected chi connectivity index (χ4v) is 5.55. The van der Waals surface area contributed by atoms with Gasteiger partial charge in [-0.25, -0.2) is 13.8 Å². The maximum absolute atomic E-state index is 12.7. The van der Waals surface area contributed by atoms with Crippen molar-refractivity contribution in [3.05, 3.63) is 63.1 Å². The lowest BCUT2D eigenvalue weighted by molar-refractivity contribution is 0.0955. The lowest BCUT2D eigenvalue weighted by Crippen LogP contribution is -2.28. The van der Waals surface area contributed by atoms with Crippen molar-refractivity contribution in [1.82, 2.24) is 9.73 Å². The lowest BCUT2D eigenvalue weighted by Gasteiger charge is -2.17. The zero-order chi connectivity index (χ0) is 22.0. The van der Waals surface area contributed by atoms with E-state index < -0.39 is 15.9 Å². The molecule has 1 saturated heterocycles. The molecule has 2 aromatic carbocycles. The number of carbonyl (C=O) groups excluding carboxylic acids is 1. The second-order valence-corrected chi connectivity index (χ2v) is 9.93. The molecule has 2 heterocycles. The number of sulfonamides is 1. The molecule has 162 valence electrons. The summed E-state index contributed by atoms with van der Waals surface area (Å²) in [5.74, 6) is 0.0295. The summed E-state index contributed by atoms with van der Waals surface area (Å²) in [7, 11) is -3.60. The number of nitrogens with zero attached hydrogens (tertiary/aromatic N) is 2. The summed E-state index contributed by atoms with van der Waals surface area (Å²) >= 11 is 12.1. The predicted octanol–water partition coefficient (Wildman–Crippen LogP) is 3.97. The smallest absolute Gasteiger partial charge is 0.271 e. The number of amides is 1. The van der Waals surface area contributed by atoms with Crippen molar-refractivity contribution < 1.29 is 17.9 Å². The van der Waals surface area contributed by atoms with Crippen molar-refractivity contribution in [3.63, 3.8) is 0 Å². The normalized spacial score (nSPS) is 16.6. The summed E-state index contributed by atoms with van der Waals surface area (Å²) in [6.45, 7) is 1.23. The number of hydrogen-bond donors (Lipinski definition) is 1. The molecule has 1 fully saturated rings. The van der Waals surface area contributed by atoms with Crippen molar-refractivity contribution in [2.24, 2.45) is 5.10 Å². The zero-order valence-electron chi connectivity index (χ0n) is 16.3. The highest BCUT2D eigenvalue weighted by Gasteiger charge is 2.27. The van der Waals surface area contributed by atoms with E-state index in [1.165, 1.54) is 28.7 Å². The summed E-state index contributed by atoms with van der Waals surface area (Å²) in [5.41, 5.74) is 4.04. The van der Waals surface area contributed by atoms with E-state index in [-0.39, 0.29) is 17.1 Å². The molecule has 0 aromatic heterocycles. The fraction of sp³-hybridized carbons (Fsp3) is 0.238. The first-order valence-electron chi connectivity index (χ1n) is 9.60. The number of hydrazone groups is 1. The molecule has 2 aromatic rings. The van der Waals surface area contributed by atoms with Crippen LogP contribution in [0, 0.1) is 0 Å². The Morgan fingerprint density at radius 1 is 1.16 bits per heavy atom. The van der Waals surface area contributed by atoms with Gasteiger partial charge in [-0.3, -0.25) is 4.79 Å². The van der Waals surface area contributed by atoms with E-state index in [9.17, 15) is 13.2 Å². The van der Waals surface area contributed by atoms with Crippen molar-refractivity contribution in [2.75, 3.05) is 19.7 Å². The molecule has 1 amide bonds. The minimum Gasteiger partial charge on any atom is -0.487 e. The van der Waals surface area contributed by atoms with E-state index in [0.29, 0.717) is 34.5 Å². The van der Waals surface area contributed by atoms with Crippen LogP contribution in [-0.2, 0) is 10.0 Å². The van der Waals surface area contributed by atoms with E-state index in [1.807, 2.05) is 6.08 Å². The molecule has 1 N–H and O–H groups in total. The fourth-order valence-electron chi connectivity index (χ4n) is 3.42. The third-order valence-corrected chi connectivity index (χ3v) is 7.35. The molecule has 0 aliphatic carbocycles. The molecule has 7 nitrogen and oxygen atoms in total. The topological polar surface area (TPSA) is 88.1 Å². The molecule has 0 saturated carbocycles. The lowest BCUT2D eigenvalue weighted by atomic mass is 10.1. The van der Waals surface area contributed by atoms with Crippen LogP contribution in [0.4, 0.5) is 0 Å². The number of nitrogens with one attached hydrogen (secondary N) is 1. The molecule has 4 rings (SSSR count). The largest absolute Gasteiger partial charge is 0.487 e. The van der Waals surface area contributed by atoms with E-state index in [4.69, 9.17) is 27.9 Å². The Balaban J connectivity index is 1.46. The Hall–Kier alpha value is -2.39. The molecule has 0 spiro atoms. The van der Waals surface area contributed by atoms with E-state index in [1.54, 1.807) is 18.2 Å². The van der Waals surface area contributed by atoms with Crippen LogP contribution in [0.2, 0.25) is 10.0 Å². The van der Waals surface area contributed by atoms with Crippen LogP contribution in [-0.4, -0.2) is 44.5 Å². The van der Waals surface area contributed by atoms with Crippen LogP contribution in [0.15, 0.2) is 52.0 Å². The highest BCUT2D eigenvalue weighted by molar-refractivity contribution is 7.89.